The third-order valence-corrected chi connectivity index (χ3v) is 6.04. The number of hydrogen-bond acceptors (Lipinski definition) is 5. The summed E-state index contributed by atoms with van der Waals surface area (Å²) < 4.78 is 11.0. The highest BCUT2D eigenvalue weighted by Crippen LogP contribution is 2.24. The molecule has 1 N–H and O–H groups in total. The molecule has 0 radical (unpaired) electrons. The van der Waals surface area contributed by atoms with Crippen LogP contribution in [0.1, 0.15) is 17.4 Å². The van der Waals surface area contributed by atoms with Crippen LogP contribution in [0.4, 0.5) is 0 Å². The van der Waals surface area contributed by atoms with Crippen molar-refractivity contribution in [3.63, 3.8) is 0 Å². The molecule has 0 spiro atoms. The molecule has 2 aliphatic rings. The number of fused-ring (bicyclic) bond motifs is 1. The smallest absolute Gasteiger partial charge is 0.193 e. The van der Waals surface area contributed by atoms with Gasteiger partial charge in [0.15, 0.2) is 5.96 Å². The first-order chi connectivity index (χ1) is 12.2. The summed E-state index contributed by atoms with van der Waals surface area (Å²) in [6, 6.07) is 2.75. The summed E-state index contributed by atoms with van der Waals surface area (Å²) >= 11 is 1.89. The Kier molecular flexibility index (Phi) is 6.70. The lowest BCUT2D eigenvalue weighted by Crippen LogP contribution is -2.53. The van der Waals surface area contributed by atoms with E-state index in [1.54, 1.807) is 12.0 Å². The predicted molar refractivity (Wildman–Crippen MR) is 102 cm³/mol. The minimum atomic E-state index is 0.119. The van der Waals surface area contributed by atoms with Crippen LogP contribution in [0.2, 0.25) is 0 Å². The summed E-state index contributed by atoms with van der Waals surface area (Å²) in [6.07, 6.45) is 1.29. The van der Waals surface area contributed by atoms with E-state index in [1.165, 1.54) is 12.0 Å². The third kappa shape index (κ3) is 4.73. The number of nitrogens with zero attached hydrogens (tertiary/aromatic N) is 3. The SMILES string of the molecule is CN=C(NCC(C)N1CCc2sccc2C1)N1CCOC(COC)C1. The van der Waals surface area contributed by atoms with E-state index in [0.29, 0.717) is 12.6 Å². The van der Waals surface area contributed by atoms with Crippen LogP contribution in [-0.4, -0.2) is 81.5 Å². The number of hydrogen-bond donors (Lipinski definition) is 1. The van der Waals surface area contributed by atoms with Crippen LogP contribution in [0.15, 0.2) is 16.4 Å². The molecule has 2 aliphatic heterocycles. The van der Waals surface area contributed by atoms with Crippen molar-refractivity contribution in [1.82, 2.24) is 15.1 Å². The van der Waals surface area contributed by atoms with Crippen LogP contribution in [0.5, 0.6) is 0 Å². The number of aliphatic imine (C=N–C) groups is 1. The average molecular weight is 367 g/mol. The van der Waals surface area contributed by atoms with Crippen LogP contribution >= 0.6 is 11.3 Å². The van der Waals surface area contributed by atoms with E-state index < -0.39 is 0 Å². The average Bonchev–Trinajstić information content (AvgIpc) is 3.10. The van der Waals surface area contributed by atoms with Gasteiger partial charge in [-0.1, -0.05) is 0 Å². The second-order valence-electron chi connectivity index (χ2n) is 6.76. The number of morpholine rings is 1. The number of thiophene rings is 1. The van der Waals surface area contributed by atoms with Crippen molar-refractivity contribution in [3.8, 4) is 0 Å². The largest absolute Gasteiger partial charge is 0.382 e. The van der Waals surface area contributed by atoms with Crippen molar-refractivity contribution in [3.05, 3.63) is 21.9 Å². The van der Waals surface area contributed by atoms with Gasteiger partial charge in [-0.25, -0.2) is 0 Å². The molecular weight excluding hydrogens is 336 g/mol. The molecular formula is C18H30N4O2S. The van der Waals surface area contributed by atoms with E-state index in [0.717, 1.165) is 45.3 Å². The van der Waals surface area contributed by atoms with Gasteiger partial charge in [0.1, 0.15) is 0 Å². The molecule has 0 bridgehead atoms. The van der Waals surface area contributed by atoms with Gasteiger partial charge in [-0.2, -0.15) is 0 Å². The number of guanidine groups is 1. The van der Waals surface area contributed by atoms with Crippen molar-refractivity contribution in [2.24, 2.45) is 4.99 Å². The molecule has 0 aliphatic carbocycles. The van der Waals surface area contributed by atoms with Gasteiger partial charge in [0, 0.05) is 57.8 Å². The van der Waals surface area contributed by atoms with Gasteiger partial charge >= 0.3 is 0 Å². The van der Waals surface area contributed by atoms with Crippen LogP contribution in [0.25, 0.3) is 0 Å². The Balaban J connectivity index is 1.49. The zero-order chi connectivity index (χ0) is 17.6. The minimum absolute atomic E-state index is 0.119. The molecule has 3 rings (SSSR count). The zero-order valence-corrected chi connectivity index (χ0v) is 16.3. The highest BCUT2D eigenvalue weighted by molar-refractivity contribution is 7.10. The third-order valence-electron chi connectivity index (χ3n) is 5.02. The fraction of sp³-hybridized carbons (Fsp3) is 0.722. The lowest BCUT2D eigenvalue weighted by Gasteiger charge is -2.36. The minimum Gasteiger partial charge on any atom is -0.382 e. The maximum absolute atomic E-state index is 5.73. The maximum Gasteiger partial charge on any atom is 0.193 e. The maximum atomic E-state index is 5.73. The Morgan fingerprint density at radius 3 is 3.20 bits per heavy atom. The number of rotatable bonds is 5. The molecule has 0 aromatic carbocycles. The van der Waals surface area contributed by atoms with Crippen molar-refractivity contribution >= 4 is 17.3 Å². The Morgan fingerprint density at radius 2 is 2.40 bits per heavy atom. The molecule has 6 nitrogen and oxygen atoms in total. The lowest BCUT2D eigenvalue weighted by molar-refractivity contribution is -0.0447. The second-order valence-corrected chi connectivity index (χ2v) is 7.76. The molecule has 0 saturated carbocycles. The molecule has 0 amide bonds. The topological polar surface area (TPSA) is 49.3 Å². The fourth-order valence-corrected chi connectivity index (χ4v) is 4.44. The number of ether oxygens (including phenoxy) is 2. The Morgan fingerprint density at radius 1 is 1.52 bits per heavy atom. The van der Waals surface area contributed by atoms with E-state index in [9.17, 15) is 0 Å². The molecule has 25 heavy (non-hydrogen) atoms. The molecule has 140 valence electrons. The van der Waals surface area contributed by atoms with Crippen molar-refractivity contribution in [1.29, 1.82) is 0 Å². The zero-order valence-electron chi connectivity index (χ0n) is 15.5. The highest BCUT2D eigenvalue weighted by atomic mass is 32.1. The summed E-state index contributed by atoms with van der Waals surface area (Å²) in [6.45, 7) is 8.44. The van der Waals surface area contributed by atoms with Crippen LogP contribution in [0.3, 0.4) is 0 Å². The first kappa shape index (κ1) is 18.6. The summed E-state index contributed by atoms with van der Waals surface area (Å²) in [5.41, 5.74) is 1.50. The van der Waals surface area contributed by atoms with E-state index in [2.05, 4.69) is 38.5 Å². The Hall–Kier alpha value is -1.15. The summed E-state index contributed by atoms with van der Waals surface area (Å²) in [5, 5.41) is 5.77. The Bertz CT molecular complexity index is 575. The molecule has 1 aromatic heterocycles. The number of methoxy groups -OCH3 is 1. The van der Waals surface area contributed by atoms with E-state index >= 15 is 0 Å². The monoisotopic (exact) mass is 366 g/mol. The molecule has 7 heteroatoms. The molecule has 1 fully saturated rings. The van der Waals surface area contributed by atoms with Gasteiger partial charge in [0.25, 0.3) is 0 Å². The highest BCUT2D eigenvalue weighted by Gasteiger charge is 2.25. The van der Waals surface area contributed by atoms with E-state index in [1.807, 2.05) is 18.4 Å². The van der Waals surface area contributed by atoms with Gasteiger partial charge in [-0.3, -0.25) is 9.89 Å². The first-order valence-corrected chi connectivity index (χ1v) is 9.94. The number of nitrogens with one attached hydrogen (secondary N) is 1. The van der Waals surface area contributed by atoms with Crippen LogP contribution < -0.4 is 5.32 Å². The van der Waals surface area contributed by atoms with Gasteiger partial charge in [-0.15, -0.1) is 11.3 Å². The lowest BCUT2D eigenvalue weighted by atomic mass is 10.1. The van der Waals surface area contributed by atoms with E-state index in [4.69, 9.17) is 9.47 Å². The van der Waals surface area contributed by atoms with Crippen LogP contribution in [-0.2, 0) is 22.4 Å². The second kappa shape index (κ2) is 8.98. The van der Waals surface area contributed by atoms with Gasteiger partial charge in [0.2, 0.25) is 0 Å². The summed E-state index contributed by atoms with van der Waals surface area (Å²) in [4.78, 5) is 10.9. The van der Waals surface area contributed by atoms with Gasteiger partial charge in [0.05, 0.1) is 19.3 Å². The fourth-order valence-electron chi connectivity index (χ4n) is 3.55. The predicted octanol–water partition coefficient (Wildman–Crippen LogP) is 1.42. The first-order valence-electron chi connectivity index (χ1n) is 9.06. The molecule has 1 saturated heterocycles. The normalized spacial score (nSPS) is 23.4. The van der Waals surface area contributed by atoms with Crippen molar-refractivity contribution in [2.75, 3.05) is 53.6 Å². The van der Waals surface area contributed by atoms with Crippen molar-refractivity contribution in [2.45, 2.75) is 32.0 Å². The van der Waals surface area contributed by atoms with E-state index in [-0.39, 0.29) is 6.10 Å². The molecule has 2 unspecified atom stereocenters. The standard InChI is InChI=1S/C18H30N4O2S/c1-14(21-6-4-17-15(11-21)5-9-25-17)10-20-18(19-2)22-7-8-24-16(12-22)13-23-3/h5,9,14,16H,4,6-8,10-13H2,1-3H3,(H,19,20). The molecule has 1 aromatic rings. The van der Waals surface area contributed by atoms with Crippen LogP contribution in [0, 0.1) is 0 Å². The van der Waals surface area contributed by atoms with Gasteiger partial charge < -0.3 is 19.7 Å². The molecule has 3 heterocycles. The molecule has 2 atom stereocenters. The summed E-state index contributed by atoms with van der Waals surface area (Å²) in [7, 11) is 3.57. The quantitative estimate of drug-likeness (QED) is 0.631. The van der Waals surface area contributed by atoms with Crippen molar-refractivity contribution < 1.29 is 9.47 Å². The van der Waals surface area contributed by atoms with Gasteiger partial charge in [-0.05, 0) is 30.4 Å². The Labute approximate surface area is 154 Å². The summed E-state index contributed by atoms with van der Waals surface area (Å²) in [5.74, 6) is 0.962.